The number of aryl methyl sites for hydroxylation is 1. The average molecular weight is 437 g/mol. The fourth-order valence-electron chi connectivity index (χ4n) is 4.46. The van der Waals surface area contributed by atoms with Crippen molar-refractivity contribution in [1.82, 2.24) is 20.0 Å². The maximum atomic E-state index is 13.4. The first-order valence-corrected chi connectivity index (χ1v) is 11.0. The number of carbonyl (C=O) groups is 1. The number of H-pyrrole nitrogens is 1. The third-order valence-corrected chi connectivity index (χ3v) is 6.35. The Morgan fingerprint density at radius 2 is 1.90 bits per heavy atom. The molecular formula is C24H25ClN4O2. The number of rotatable bonds is 5. The van der Waals surface area contributed by atoms with Crippen LogP contribution in [0.15, 0.2) is 48.5 Å². The van der Waals surface area contributed by atoms with Gasteiger partial charge in [0.2, 0.25) is 0 Å². The van der Waals surface area contributed by atoms with Gasteiger partial charge in [0.1, 0.15) is 5.69 Å². The summed E-state index contributed by atoms with van der Waals surface area (Å²) in [4.78, 5) is 17.7. The Morgan fingerprint density at radius 3 is 2.65 bits per heavy atom. The second-order valence-corrected chi connectivity index (χ2v) is 8.57. The van der Waals surface area contributed by atoms with E-state index in [1.165, 1.54) is 5.56 Å². The molecule has 1 atom stereocenters. The number of benzene rings is 2. The first-order chi connectivity index (χ1) is 15.1. The van der Waals surface area contributed by atoms with Gasteiger partial charge in [-0.25, -0.2) is 0 Å². The van der Waals surface area contributed by atoms with Crippen LogP contribution in [0, 0.1) is 6.92 Å². The predicted octanol–water partition coefficient (Wildman–Crippen LogP) is 3.92. The molecule has 1 saturated heterocycles. The lowest BCUT2D eigenvalue weighted by atomic mass is 9.96. The van der Waals surface area contributed by atoms with Gasteiger partial charge in [-0.3, -0.25) is 14.8 Å². The summed E-state index contributed by atoms with van der Waals surface area (Å²) in [7, 11) is 0. The fraction of sp³-hybridized carbons (Fsp3) is 0.333. The van der Waals surface area contributed by atoms with E-state index in [2.05, 4.69) is 46.3 Å². The molecule has 3 heterocycles. The number of hydrogen-bond acceptors (Lipinski definition) is 4. The van der Waals surface area contributed by atoms with Crippen LogP contribution in [0.3, 0.4) is 0 Å². The summed E-state index contributed by atoms with van der Waals surface area (Å²) in [5, 5.41) is 8.22. The lowest BCUT2D eigenvalue weighted by Crippen LogP contribution is -2.42. The smallest absolute Gasteiger partial charge is 0.273 e. The Morgan fingerprint density at radius 1 is 1.13 bits per heavy atom. The molecule has 0 saturated carbocycles. The summed E-state index contributed by atoms with van der Waals surface area (Å²) in [6, 6.07) is 15.8. The van der Waals surface area contributed by atoms with Crippen molar-refractivity contribution in [3.63, 3.8) is 0 Å². The Hall–Kier alpha value is -2.67. The van der Waals surface area contributed by atoms with Crippen molar-refractivity contribution in [2.45, 2.75) is 13.0 Å². The summed E-state index contributed by atoms with van der Waals surface area (Å²) >= 11 is 6.33. The first kappa shape index (κ1) is 20.2. The topological polar surface area (TPSA) is 61.5 Å². The van der Waals surface area contributed by atoms with Crippen LogP contribution in [0.1, 0.15) is 33.2 Å². The fourth-order valence-corrected chi connectivity index (χ4v) is 4.65. The molecule has 1 unspecified atom stereocenters. The normalized spacial score (nSPS) is 19.1. The molecule has 0 aliphatic carbocycles. The van der Waals surface area contributed by atoms with Gasteiger partial charge in [-0.05, 0) is 24.6 Å². The van der Waals surface area contributed by atoms with Crippen LogP contribution in [0.2, 0.25) is 5.02 Å². The van der Waals surface area contributed by atoms with Gasteiger partial charge >= 0.3 is 0 Å². The van der Waals surface area contributed by atoms with Gasteiger partial charge in [0.25, 0.3) is 5.91 Å². The van der Waals surface area contributed by atoms with Crippen LogP contribution in [0.4, 0.5) is 0 Å². The van der Waals surface area contributed by atoms with E-state index in [0.29, 0.717) is 17.3 Å². The van der Waals surface area contributed by atoms with E-state index in [1.807, 2.05) is 29.2 Å². The third kappa shape index (κ3) is 3.87. The molecule has 31 heavy (non-hydrogen) atoms. The molecule has 1 aromatic heterocycles. The van der Waals surface area contributed by atoms with Crippen molar-refractivity contribution in [2.75, 3.05) is 39.4 Å². The van der Waals surface area contributed by atoms with Crippen molar-refractivity contribution in [2.24, 2.45) is 0 Å². The summed E-state index contributed by atoms with van der Waals surface area (Å²) in [5.41, 5.74) is 5.50. The van der Waals surface area contributed by atoms with Crippen LogP contribution >= 0.6 is 11.6 Å². The van der Waals surface area contributed by atoms with E-state index in [1.54, 1.807) is 0 Å². The van der Waals surface area contributed by atoms with Gasteiger partial charge in [-0.15, -0.1) is 0 Å². The molecule has 2 aliphatic rings. The van der Waals surface area contributed by atoms with Crippen molar-refractivity contribution in [1.29, 1.82) is 0 Å². The largest absolute Gasteiger partial charge is 0.379 e. The Labute approximate surface area is 186 Å². The van der Waals surface area contributed by atoms with Crippen molar-refractivity contribution in [3.8, 4) is 11.3 Å². The summed E-state index contributed by atoms with van der Waals surface area (Å²) in [6.07, 6.45) is 0. The zero-order valence-corrected chi connectivity index (χ0v) is 18.2. The van der Waals surface area contributed by atoms with E-state index in [4.69, 9.17) is 16.3 Å². The summed E-state index contributed by atoms with van der Waals surface area (Å²) in [5.74, 6) is -0.0147. The molecule has 160 valence electrons. The monoisotopic (exact) mass is 436 g/mol. The van der Waals surface area contributed by atoms with E-state index in [0.717, 1.165) is 55.2 Å². The lowest BCUT2D eigenvalue weighted by molar-refractivity contribution is 0.0316. The molecular weight excluding hydrogens is 412 g/mol. The number of morpholine rings is 1. The van der Waals surface area contributed by atoms with E-state index >= 15 is 0 Å². The number of fused-ring (bicyclic) bond motifs is 1. The van der Waals surface area contributed by atoms with Gasteiger partial charge in [-0.1, -0.05) is 53.6 Å². The minimum atomic E-state index is -0.225. The number of ether oxygens (including phenoxy) is 1. The number of amides is 1. The lowest BCUT2D eigenvalue weighted by Gasteiger charge is -2.31. The maximum Gasteiger partial charge on any atom is 0.273 e. The summed E-state index contributed by atoms with van der Waals surface area (Å²) < 4.78 is 5.46. The molecule has 0 spiro atoms. The zero-order chi connectivity index (χ0) is 21.4. The van der Waals surface area contributed by atoms with Crippen molar-refractivity contribution < 1.29 is 9.53 Å². The average Bonchev–Trinajstić information content (AvgIpc) is 3.32. The van der Waals surface area contributed by atoms with Gasteiger partial charge in [0.15, 0.2) is 0 Å². The number of nitrogens with zero attached hydrogens (tertiary/aromatic N) is 3. The van der Waals surface area contributed by atoms with Gasteiger partial charge in [0.05, 0.1) is 24.9 Å². The second-order valence-electron chi connectivity index (χ2n) is 8.14. The van der Waals surface area contributed by atoms with E-state index < -0.39 is 0 Å². The minimum Gasteiger partial charge on any atom is -0.379 e. The van der Waals surface area contributed by atoms with Gasteiger partial charge in [-0.2, -0.15) is 5.10 Å². The molecule has 1 amide bonds. The highest BCUT2D eigenvalue weighted by Gasteiger charge is 2.42. The van der Waals surface area contributed by atoms with Crippen molar-refractivity contribution >= 4 is 17.5 Å². The predicted molar refractivity (Wildman–Crippen MR) is 120 cm³/mol. The Kier molecular flexibility index (Phi) is 5.52. The highest BCUT2D eigenvalue weighted by Crippen LogP contribution is 2.43. The Balaban J connectivity index is 1.53. The molecule has 7 heteroatoms. The van der Waals surface area contributed by atoms with Gasteiger partial charge < -0.3 is 9.64 Å². The molecule has 5 rings (SSSR count). The molecule has 6 nitrogen and oxygen atoms in total. The SMILES string of the molecule is Cc1ccc(-c2n[nH]c3c2C(c2cccc(Cl)c2)N(CCN2CCOCC2)C3=O)cc1. The highest BCUT2D eigenvalue weighted by molar-refractivity contribution is 6.30. The maximum absolute atomic E-state index is 13.4. The number of hydrogen-bond donors (Lipinski definition) is 1. The molecule has 1 N–H and O–H groups in total. The van der Waals surface area contributed by atoms with Crippen LogP contribution in [-0.2, 0) is 4.74 Å². The third-order valence-electron chi connectivity index (χ3n) is 6.11. The summed E-state index contributed by atoms with van der Waals surface area (Å²) in [6.45, 7) is 6.77. The standard InChI is InChI=1S/C24H25ClN4O2/c1-16-5-7-17(8-6-16)21-20-22(27-26-21)24(30)29(10-9-28-11-13-31-14-12-28)23(20)18-3-2-4-19(25)15-18/h2-8,15,23H,9-14H2,1H3,(H,26,27). The number of halogens is 1. The number of aromatic nitrogens is 2. The second kappa shape index (κ2) is 8.46. The first-order valence-electron chi connectivity index (χ1n) is 10.6. The zero-order valence-electron chi connectivity index (χ0n) is 17.5. The molecule has 0 radical (unpaired) electrons. The van der Waals surface area contributed by atoms with Crippen LogP contribution in [-0.4, -0.2) is 65.3 Å². The van der Waals surface area contributed by atoms with Crippen LogP contribution in [0.5, 0.6) is 0 Å². The van der Waals surface area contributed by atoms with Crippen LogP contribution in [0.25, 0.3) is 11.3 Å². The minimum absolute atomic E-state index is 0.0147. The van der Waals surface area contributed by atoms with Crippen LogP contribution < -0.4 is 0 Å². The molecule has 2 aliphatic heterocycles. The molecule has 0 bridgehead atoms. The quantitative estimate of drug-likeness (QED) is 0.658. The number of aromatic amines is 1. The molecule has 2 aromatic carbocycles. The number of nitrogens with one attached hydrogen (secondary N) is 1. The highest BCUT2D eigenvalue weighted by atomic mass is 35.5. The Bertz CT molecular complexity index is 1090. The van der Waals surface area contributed by atoms with E-state index in [9.17, 15) is 4.79 Å². The van der Waals surface area contributed by atoms with E-state index in [-0.39, 0.29) is 11.9 Å². The van der Waals surface area contributed by atoms with Crippen molar-refractivity contribution in [3.05, 3.63) is 75.9 Å². The molecule has 3 aromatic rings. The van der Waals surface area contributed by atoms with Gasteiger partial charge in [0, 0.05) is 42.3 Å². The molecule has 1 fully saturated rings. The number of carbonyl (C=O) groups excluding carboxylic acids is 1.